The van der Waals surface area contributed by atoms with Crippen molar-refractivity contribution in [2.24, 2.45) is 0 Å². The summed E-state index contributed by atoms with van der Waals surface area (Å²) in [7, 11) is 7.55. The van der Waals surface area contributed by atoms with Gasteiger partial charge in [-0.15, -0.1) is 0 Å². The molecule has 17 heteroatoms. The lowest BCUT2D eigenvalue weighted by Gasteiger charge is -2.35. The predicted molar refractivity (Wildman–Crippen MR) is 189 cm³/mol. The van der Waals surface area contributed by atoms with E-state index >= 15 is 0 Å². The molecule has 4 unspecified atom stereocenters. The van der Waals surface area contributed by atoms with Crippen LogP contribution in [-0.4, -0.2) is 265 Å². The van der Waals surface area contributed by atoms with E-state index in [-0.39, 0.29) is 33.0 Å². The number of ether oxygens (including phenoxy) is 5. The number of rotatable bonds is 19. The first-order valence-corrected chi connectivity index (χ1v) is 17.8. The Balaban J connectivity index is 3.42. The summed E-state index contributed by atoms with van der Waals surface area (Å²) >= 11 is 0. The Morgan fingerprint density at radius 2 is 0.780 bits per heavy atom. The summed E-state index contributed by atoms with van der Waals surface area (Å²) in [5, 5.41) is 52.3. The molecule has 0 aromatic rings. The molecule has 1 rings (SSSR count). The maximum Gasteiger partial charge on any atom is 0.409 e. The van der Waals surface area contributed by atoms with Crippen LogP contribution in [0.2, 0.25) is 0 Å². The Morgan fingerprint density at radius 3 is 1.04 bits per heavy atom. The minimum absolute atomic E-state index is 0.0726. The number of hydrogen-bond donors (Lipinski definition) is 5. The van der Waals surface area contributed by atoms with Crippen LogP contribution in [0.15, 0.2) is 0 Å². The number of aliphatic hydroxyl groups is 5. The molecular formula is C33H70N6O11. The smallest absolute Gasteiger partial charge is 0.409 e. The van der Waals surface area contributed by atoms with Crippen LogP contribution in [0.5, 0.6) is 0 Å². The van der Waals surface area contributed by atoms with Crippen molar-refractivity contribution >= 4 is 6.09 Å². The molecular weight excluding hydrogens is 656 g/mol. The van der Waals surface area contributed by atoms with E-state index in [2.05, 4.69) is 24.5 Å². The number of nitrogens with zero attached hydrogens (tertiary/aromatic N) is 6. The molecule has 0 radical (unpaired) electrons. The van der Waals surface area contributed by atoms with Crippen molar-refractivity contribution in [3.05, 3.63) is 0 Å². The summed E-state index contributed by atoms with van der Waals surface area (Å²) in [6.07, 6.45) is -2.68. The third-order valence-corrected chi connectivity index (χ3v) is 8.68. The highest BCUT2D eigenvalue weighted by molar-refractivity contribution is 5.67. The lowest BCUT2D eigenvalue weighted by atomic mass is 10.2. The van der Waals surface area contributed by atoms with E-state index < -0.39 is 30.5 Å². The Bertz CT molecular complexity index is 774. The summed E-state index contributed by atoms with van der Waals surface area (Å²) < 4.78 is 25.9. The minimum atomic E-state index is -0.728. The molecule has 50 heavy (non-hydrogen) atoms. The molecule has 1 fully saturated rings. The lowest BCUT2D eigenvalue weighted by Crippen LogP contribution is -2.50. The van der Waals surface area contributed by atoms with Crippen molar-refractivity contribution in [2.45, 2.75) is 30.8 Å². The van der Waals surface area contributed by atoms with E-state index in [1.807, 2.05) is 0 Å². The van der Waals surface area contributed by atoms with Crippen LogP contribution >= 0.6 is 0 Å². The van der Waals surface area contributed by atoms with Crippen LogP contribution in [0.4, 0.5) is 4.79 Å². The molecule has 1 aliphatic rings. The maximum atomic E-state index is 12.9. The number of methoxy groups -OCH3 is 5. The second-order valence-electron chi connectivity index (χ2n) is 13.0. The topological polar surface area (TPSA) is 184 Å². The zero-order valence-corrected chi connectivity index (χ0v) is 31.4. The fourth-order valence-corrected chi connectivity index (χ4v) is 6.06. The second kappa shape index (κ2) is 29.2. The average molecular weight is 727 g/mol. The van der Waals surface area contributed by atoms with Crippen molar-refractivity contribution < 1.29 is 54.0 Å². The summed E-state index contributed by atoms with van der Waals surface area (Å²) in [4.78, 5) is 25.4. The molecule has 0 aromatic carbocycles. The second-order valence-corrected chi connectivity index (χ2v) is 13.0. The number of β-amino-alcohol motifs (C(OH)–C–C–N with tert-alkyl or cyclic N) is 4. The molecule has 1 amide bonds. The molecule has 0 aromatic heterocycles. The van der Waals surface area contributed by atoms with Gasteiger partial charge in [0, 0.05) is 146 Å². The van der Waals surface area contributed by atoms with E-state index in [4.69, 9.17) is 23.7 Å². The van der Waals surface area contributed by atoms with Gasteiger partial charge in [0.2, 0.25) is 0 Å². The Labute approximate surface area is 300 Å². The van der Waals surface area contributed by atoms with E-state index in [1.54, 1.807) is 33.3 Å². The monoisotopic (exact) mass is 727 g/mol. The van der Waals surface area contributed by atoms with Gasteiger partial charge in [-0.25, -0.2) is 4.79 Å². The summed E-state index contributed by atoms with van der Waals surface area (Å²) in [6, 6.07) is 0. The van der Waals surface area contributed by atoms with E-state index in [0.717, 1.165) is 0 Å². The van der Waals surface area contributed by atoms with Crippen LogP contribution in [0.25, 0.3) is 0 Å². The molecule has 1 saturated heterocycles. The van der Waals surface area contributed by atoms with Gasteiger partial charge in [0.15, 0.2) is 0 Å². The Hall–Kier alpha value is -1.29. The molecule has 0 spiro atoms. The van der Waals surface area contributed by atoms with Crippen LogP contribution in [0.1, 0.15) is 6.42 Å². The Morgan fingerprint density at radius 1 is 0.500 bits per heavy atom. The third kappa shape index (κ3) is 21.9. The first-order chi connectivity index (χ1) is 24.1. The largest absolute Gasteiger partial charge is 0.453 e. The summed E-state index contributed by atoms with van der Waals surface area (Å²) in [5.41, 5.74) is 0. The van der Waals surface area contributed by atoms with Gasteiger partial charge in [-0.2, -0.15) is 0 Å². The number of aliphatic hydroxyl groups excluding tert-OH is 5. The summed E-state index contributed by atoms with van der Waals surface area (Å²) in [6.45, 7) is 9.54. The van der Waals surface area contributed by atoms with Crippen molar-refractivity contribution in [1.82, 2.24) is 29.4 Å². The van der Waals surface area contributed by atoms with E-state index in [9.17, 15) is 30.3 Å². The maximum absolute atomic E-state index is 12.9. The lowest BCUT2D eigenvalue weighted by molar-refractivity contribution is 0.0156. The SMILES string of the molecule is COCC(O)CN1CCN(CCCO)CCN(CC(O)COC)CCN(CC(O)COC)CCN(C(=O)OC)CCN(CC(O)COC)CC1. The van der Waals surface area contributed by atoms with E-state index in [0.29, 0.717) is 118 Å². The van der Waals surface area contributed by atoms with Crippen molar-refractivity contribution in [1.29, 1.82) is 0 Å². The predicted octanol–water partition coefficient (Wildman–Crippen LogP) is -3.01. The number of hydrogen-bond acceptors (Lipinski definition) is 16. The van der Waals surface area contributed by atoms with Gasteiger partial charge in [-0.05, 0) is 6.42 Å². The molecule has 0 aliphatic carbocycles. The molecule has 0 saturated carbocycles. The number of carbonyl (C=O) groups excluding carboxylic acids is 1. The van der Waals surface area contributed by atoms with Gasteiger partial charge in [-0.3, -0.25) is 19.6 Å². The van der Waals surface area contributed by atoms with Crippen LogP contribution < -0.4 is 0 Å². The molecule has 4 atom stereocenters. The highest BCUT2D eigenvalue weighted by Gasteiger charge is 2.23. The first-order valence-electron chi connectivity index (χ1n) is 17.8. The zero-order chi connectivity index (χ0) is 37.1. The van der Waals surface area contributed by atoms with Crippen molar-refractivity contribution in [3.63, 3.8) is 0 Å². The van der Waals surface area contributed by atoms with Gasteiger partial charge in [0.25, 0.3) is 0 Å². The van der Waals surface area contributed by atoms with Crippen LogP contribution in [-0.2, 0) is 23.7 Å². The van der Waals surface area contributed by atoms with Gasteiger partial charge < -0.3 is 59.0 Å². The average Bonchev–Trinajstić information content (AvgIpc) is 3.07. The standard InChI is InChI=1S/C33H70N6O11/c1-46-25-29(41)21-35-10-8-34(7-6-20-40)9-11-36(22-30(42)26-47-2)13-15-38(24-32(44)28-49-4)17-19-39(33(45)50-5)18-16-37(14-12-35)23-31(43)27-48-3/h29-32,40-44H,6-28H2,1-5H3. The molecule has 0 bridgehead atoms. The minimum Gasteiger partial charge on any atom is -0.453 e. The van der Waals surface area contributed by atoms with Gasteiger partial charge in [0.1, 0.15) is 0 Å². The third-order valence-electron chi connectivity index (χ3n) is 8.68. The molecule has 1 heterocycles. The number of carbonyl (C=O) groups is 1. The molecule has 298 valence electrons. The van der Waals surface area contributed by atoms with Gasteiger partial charge >= 0.3 is 6.09 Å². The molecule has 1 aliphatic heterocycles. The highest BCUT2D eigenvalue weighted by atomic mass is 16.5. The van der Waals surface area contributed by atoms with Gasteiger partial charge in [-0.1, -0.05) is 0 Å². The van der Waals surface area contributed by atoms with Crippen molar-refractivity contribution in [2.75, 3.05) is 180 Å². The summed E-state index contributed by atoms with van der Waals surface area (Å²) in [5.74, 6) is 0. The first kappa shape index (κ1) is 46.7. The zero-order valence-electron chi connectivity index (χ0n) is 31.4. The fourth-order valence-electron chi connectivity index (χ4n) is 6.06. The molecule has 17 nitrogen and oxygen atoms in total. The quantitative estimate of drug-likeness (QED) is 0.0907. The highest BCUT2D eigenvalue weighted by Crippen LogP contribution is 2.06. The number of amides is 1. The van der Waals surface area contributed by atoms with Crippen LogP contribution in [0.3, 0.4) is 0 Å². The van der Waals surface area contributed by atoms with Crippen molar-refractivity contribution in [3.8, 4) is 0 Å². The van der Waals surface area contributed by atoms with Gasteiger partial charge in [0.05, 0.1) is 58.0 Å². The Kier molecular flexibility index (Phi) is 27.3. The fraction of sp³-hybridized carbons (Fsp3) is 0.970. The molecule has 5 N–H and O–H groups in total. The van der Waals surface area contributed by atoms with Crippen LogP contribution in [0, 0.1) is 0 Å². The normalized spacial score (nSPS) is 21.0. The van der Waals surface area contributed by atoms with E-state index in [1.165, 1.54) is 7.11 Å².